The highest BCUT2D eigenvalue weighted by Crippen LogP contribution is 2.22. The van der Waals surface area contributed by atoms with Gasteiger partial charge < -0.3 is 14.2 Å². The Morgan fingerprint density at radius 2 is 1.69 bits per heavy atom. The lowest BCUT2D eigenvalue weighted by Crippen LogP contribution is -2.35. The van der Waals surface area contributed by atoms with Crippen molar-refractivity contribution in [1.82, 2.24) is 14.5 Å². The van der Waals surface area contributed by atoms with Gasteiger partial charge in [-0.1, -0.05) is 12.1 Å². The molecule has 2 heterocycles. The van der Waals surface area contributed by atoms with Crippen molar-refractivity contribution in [2.45, 2.75) is 32.7 Å². The number of fused-ring (bicyclic) bond motifs is 1. The average molecular weight is 391 g/mol. The van der Waals surface area contributed by atoms with Crippen LogP contribution in [0.2, 0.25) is 0 Å². The number of esters is 1. The number of aromatic nitrogens is 2. The lowest BCUT2D eigenvalue weighted by molar-refractivity contribution is 0.0600. The van der Waals surface area contributed by atoms with Gasteiger partial charge in [-0.25, -0.2) is 9.78 Å². The summed E-state index contributed by atoms with van der Waals surface area (Å²) >= 11 is 0. The van der Waals surface area contributed by atoms with Crippen LogP contribution in [0.4, 0.5) is 0 Å². The maximum absolute atomic E-state index is 12.9. The Balaban J connectivity index is 1.62. The molecule has 0 atom stereocenters. The third-order valence-corrected chi connectivity index (χ3v) is 5.55. The van der Waals surface area contributed by atoms with Gasteiger partial charge in [0.15, 0.2) is 0 Å². The van der Waals surface area contributed by atoms with Crippen LogP contribution in [0.1, 0.15) is 51.4 Å². The molecule has 0 N–H and O–H groups in total. The van der Waals surface area contributed by atoms with Crippen LogP contribution < -0.4 is 0 Å². The standard InChI is InChI=1S/C23H25N3O3/c1-16-24-20-11-10-19(22(27)25-12-4-3-5-13-25)14-21(20)26(16)15-17-6-8-18(9-7-17)23(28)29-2/h6-11,14H,3-5,12-13,15H2,1-2H3. The van der Waals surface area contributed by atoms with Crippen LogP contribution in [0, 0.1) is 6.92 Å². The van der Waals surface area contributed by atoms with E-state index in [1.165, 1.54) is 13.5 Å². The highest BCUT2D eigenvalue weighted by molar-refractivity contribution is 5.97. The van der Waals surface area contributed by atoms with Crippen molar-refractivity contribution in [3.8, 4) is 0 Å². The number of ether oxygens (including phenoxy) is 1. The monoisotopic (exact) mass is 391 g/mol. The first kappa shape index (κ1) is 19.2. The number of imidazole rings is 1. The molecule has 1 aliphatic heterocycles. The molecule has 2 aromatic carbocycles. The van der Waals surface area contributed by atoms with Crippen LogP contribution in [-0.4, -0.2) is 46.5 Å². The fraction of sp³-hybridized carbons (Fsp3) is 0.348. The highest BCUT2D eigenvalue weighted by atomic mass is 16.5. The normalized spacial score (nSPS) is 14.2. The number of carbonyl (C=O) groups excluding carboxylic acids is 2. The van der Waals surface area contributed by atoms with E-state index in [1.54, 1.807) is 12.1 Å². The molecule has 0 spiro atoms. The summed E-state index contributed by atoms with van der Waals surface area (Å²) in [5, 5.41) is 0. The molecule has 0 bridgehead atoms. The van der Waals surface area contributed by atoms with Gasteiger partial charge in [0, 0.05) is 25.2 Å². The number of amides is 1. The van der Waals surface area contributed by atoms with E-state index < -0.39 is 0 Å². The Bertz CT molecular complexity index is 1050. The molecule has 1 amide bonds. The van der Waals surface area contributed by atoms with E-state index in [1.807, 2.05) is 42.2 Å². The highest BCUT2D eigenvalue weighted by Gasteiger charge is 2.19. The number of nitrogens with zero attached hydrogens (tertiary/aromatic N) is 3. The Kier molecular flexibility index (Phi) is 5.34. The molecule has 1 saturated heterocycles. The topological polar surface area (TPSA) is 64.4 Å². The summed E-state index contributed by atoms with van der Waals surface area (Å²) in [5.74, 6) is 0.640. The van der Waals surface area contributed by atoms with Crippen molar-refractivity contribution >= 4 is 22.9 Å². The van der Waals surface area contributed by atoms with E-state index in [4.69, 9.17) is 4.74 Å². The minimum absolute atomic E-state index is 0.0967. The lowest BCUT2D eigenvalue weighted by Gasteiger charge is -2.26. The minimum atomic E-state index is -0.346. The molecule has 0 aliphatic carbocycles. The van der Waals surface area contributed by atoms with E-state index >= 15 is 0 Å². The summed E-state index contributed by atoms with van der Waals surface area (Å²) in [6, 6.07) is 13.1. The largest absolute Gasteiger partial charge is 0.465 e. The first-order valence-corrected chi connectivity index (χ1v) is 10.0. The number of benzene rings is 2. The molecular formula is C23H25N3O3. The van der Waals surface area contributed by atoms with Crippen LogP contribution in [0.25, 0.3) is 11.0 Å². The molecule has 0 radical (unpaired) electrons. The van der Waals surface area contributed by atoms with Crippen LogP contribution in [-0.2, 0) is 11.3 Å². The SMILES string of the molecule is COC(=O)c1ccc(Cn2c(C)nc3ccc(C(=O)N4CCCCC4)cc32)cc1. The first-order chi connectivity index (χ1) is 14.1. The molecule has 3 aromatic rings. The van der Waals surface area contributed by atoms with Crippen molar-refractivity contribution in [1.29, 1.82) is 0 Å². The summed E-state index contributed by atoms with van der Waals surface area (Å²) in [7, 11) is 1.38. The van der Waals surface area contributed by atoms with Gasteiger partial charge >= 0.3 is 5.97 Å². The van der Waals surface area contributed by atoms with Crippen LogP contribution in [0.5, 0.6) is 0 Å². The smallest absolute Gasteiger partial charge is 0.337 e. The zero-order valence-corrected chi connectivity index (χ0v) is 16.9. The molecular weight excluding hydrogens is 366 g/mol. The van der Waals surface area contributed by atoms with E-state index in [0.717, 1.165) is 48.4 Å². The molecule has 1 aromatic heterocycles. The van der Waals surface area contributed by atoms with E-state index in [9.17, 15) is 9.59 Å². The third kappa shape index (κ3) is 3.88. The molecule has 6 nitrogen and oxygen atoms in total. The van der Waals surface area contributed by atoms with Crippen molar-refractivity contribution < 1.29 is 14.3 Å². The molecule has 29 heavy (non-hydrogen) atoms. The Morgan fingerprint density at radius 1 is 1.00 bits per heavy atom. The quantitative estimate of drug-likeness (QED) is 0.635. The van der Waals surface area contributed by atoms with E-state index in [0.29, 0.717) is 17.7 Å². The Morgan fingerprint density at radius 3 is 2.38 bits per heavy atom. The van der Waals surface area contributed by atoms with Gasteiger partial charge in [-0.15, -0.1) is 0 Å². The number of methoxy groups -OCH3 is 1. The second kappa shape index (κ2) is 8.07. The third-order valence-electron chi connectivity index (χ3n) is 5.55. The molecule has 1 fully saturated rings. The van der Waals surface area contributed by atoms with Crippen molar-refractivity contribution in [3.05, 3.63) is 65.0 Å². The average Bonchev–Trinajstić information content (AvgIpc) is 3.08. The zero-order chi connectivity index (χ0) is 20.4. The number of carbonyl (C=O) groups is 2. The molecule has 0 unspecified atom stereocenters. The number of hydrogen-bond donors (Lipinski definition) is 0. The molecule has 1 aliphatic rings. The number of likely N-dealkylation sites (tertiary alicyclic amines) is 1. The number of hydrogen-bond acceptors (Lipinski definition) is 4. The number of piperidine rings is 1. The lowest BCUT2D eigenvalue weighted by atomic mass is 10.1. The predicted molar refractivity (Wildman–Crippen MR) is 111 cm³/mol. The van der Waals surface area contributed by atoms with E-state index in [-0.39, 0.29) is 11.9 Å². The molecule has 6 heteroatoms. The van der Waals surface area contributed by atoms with Gasteiger partial charge in [0.05, 0.1) is 23.7 Å². The molecule has 0 saturated carbocycles. The van der Waals surface area contributed by atoms with Crippen molar-refractivity contribution in [3.63, 3.8) is 0 Å². The van der Waals surface area contributed by atoms with Crippen LogP contribution in [0.15, 0.2) is 42.5 Å². The van der Waals surface area contributed by atoms with Crippen molar-refractivity contribution in [2.75, 3.05) is 20.2 Å². The summed E-state index contributed by atoms with van der Waals surface area (Å²) in [6.45, 7) is 4.25. The maximum atomic E-state index is 12.9. The maximum Gasteiger partial charge on any atom is 0.337 e. The summed E-state index contributed by atoms with van der Waals surface area (Å²) in [6.07, 6.45) is 3.35. The Labute approximate surface area is 170 Å². The fourth-order valence-electron chi connectivity index (χ4n) is 3.90. The second-order valence-electron chi connectivity index (χ2n) is 7.49. The molecule has 150 valence electrons. The molecule has 4 rings (SSSR count). The first-order valence-electron chi connectivity index (χ1n) is 10.0. The number of aryl methyl sites for hydroxylation is 1. The summed E-state index contributed by atoms with van der Waals surface area (Å²) in [5.41, 5.74) is 4.11. The fourth-order valence-corrected chi connectivity index (χ4v) is 3.90. The van der Waals surface area contributed by atoms with Gasteiger partial charge in [-0.3, -0.25) is 4.79 Å². The van der Waals surface area contributed by atoms with Gasteiger partial charge in [-0.05, 0) is 62.1 Å². The van der Waals surface area contributed by atoms with Crippen molar-refractivity contribution in [2.24, 2.45) is 0 Å². The summed E-state index contributed by atoms with van der Waals surface area (Å²) < 4.78 is 6.86. The van der Waals surface area contributed by atoms with Gasteiger partial charge in [0.1, 0.15) is 5.82 Å². The van der Waals surface area contributed by atoms with Crippen LogP contribution in [0.3, 0.4) is 0 Å². The zero-order valence-electron chi connectivity index (χ0n) is 16.9. The second-order valence-corrected chi connectivity index (χ2v) is 7.49. The minimum Gasteiger partial charge on any atom is -0.465 e. The van der Waals surface area contributed by atoms with E-state index in [2.05, 4.69) is 9.55 Å². The van der Waals surface area contributed by atoms with Gasteiger partial charge in [0.25, 0.3) is 5.91 Å². The Hall–Kier alpha value is -3.15. The van der Waals surface area contributed by atoms with Crippen LogP contribution >= 0.6 is 0 Å². The number of rotatable bonds is 4. The van der Waals surface area contributed by atoms with Gasteiger partial charge in [-0.2, -0.15) is 0 Å². The van der Waals surface area contributed by atoms with Gasteiger partial charge in [0.2, 0.25) is 0 Å². The predicted octanol–water partition coefficient (Wildman–Crippen LogP) is 3.81. The summed E-state index contributed by atoms with van der Waals surface area (Å²) in [4.78, 5) is 31.1.